The van der Waals surface area contributed by atoms with Gasteiger partial charge in [-0.25, -0.2) is 0 Å². The highest BCUT2D eigenvalue weighted by atomic mass is 35.5. The highest BCUT2D eigenvalue weighted by molar-refractivity contribution is 6.31. The summed E-state index contributed by atoms with van der Waals surface area (Å²) in [7, 11) is 0. The predicted molar refractivity (Wildman–Crippen MR) is 83.5 cm³/mol. The zero-order valence-corrected chi connectivity index (χ0v) is 13.0. The van der Waals surface area contributed by atoms with Crippen molar-refractivity contribution in [1.29, 1.82) is 0 Å². The first kappa shape index (κ1) is 15.2. The molecule has 1 aromatic rings. The van der Waals surface area contributed by atoms with Gasteiger partial charge in [-0.15, -0.1) is 0 Å². The lowest BCUT2D eigenvalue weighted by Crippen LogP contribution is -2.30. The minimum atomic E-state index is 0.215. The molecule has 1 saturated heterocycles. The molecule has 1 heterocycles. The molecule has 1 aliphatic rings. The second-order valence-electron chi connectivity index (χ2n) is 5.95. The Balaban J connectivity index is 2.11. The number of halogens is 1. The quantitative estimate of drug-likeness (QED) is 0.864. The van der Waals surface area contributed by atoms with Crippen molar-refractivity contribution in [2.24, 2.45) is 11.8 Å². The average molecular weight is 295 g/mol. The third-order valence-corrected chi connectivity index (χ3v) is 4.65. The van der Waals surface area contributed by atoms with Crippen molar-refractivity contribution < 1.29 is 4.79 Å². The second-order valence-corrected chi connectivity index (χ2v) is 6.36. The van der Waals surface area contributed by atoms with E-state index in [0.717, 1.165) is 24.9 Å². The van der Waals surface area contributed by atoms with Gasteiger partial charge >= 0.3 is 0 Å². The van der Waals surface area contributed by atoms with Crippen molar-refractivity contribution in [3.8, 4) is 0 Å². The van der Waals surface area contributed by atoms with E-state index in [1.165, 1.54) is 0 Å². The van der Waals surface area contributed by atoms with E-state index in [1.54, 1.807) is 0 Å². The number of anilines is 1. The number of carbonyl (C=O) groups is 1. The molecule has 2 N–H and O–H groups in total. The van der Waals surface area contributed by atoms with E-state index in [2.05, 4.69) is 13.8 Å². The van der Waals surface area contributed by atoms with Gasteiger partial charge in [0.1, 0.15) is 0 Å². The van der Waals surface area contributed by atoms with Gasteiger partial charge in [-0.1, -0.05) is 31.5 Å². The first-order valence-electron chi connectivity index (χ1n) is 7.29. The molecule has 1 atom stereocenters. The smallest absolute Gasteiger partial charge is 0.222 e. The maximum Gasteiger partial charge on any atom is 0.222 e. The summed E-state index contributed by atoms with van der Waals surface area (Å²) in [5.41, 5.74) is 7.50. The maximum absolute atomic E-state index is 12.3. The minimum absolute atomic E-state index is 0.215. The monoisotopic (exact) mass is 294 g/mol. The van der Waals surface area contributed by atoms with E-state index in [1.807, 2.05) is 23.1 Å². The van der Waals surface area contributed by atoms with Gasteiger partial charge in [0.2, 0.25) is 5.91 Å². The summed E-state index contributed by atoms with van der Waals surface area (Å²) in [5.74, 6) is 1.48. The van der Waals surface area contributed by atoms with Gasteiger partial charge in [0.25, 0.3) is 0 Å². The Hall–Kier alpha value is -1.22. The van der Waals surface area contributed by atoms with Gasteiger partial charge in [0.15, 0.2) is 0 Å². The molecule has 0 saturated carbocycles. The molecule has 1 amide bonds. The average Bonchev–Trinajstić information content (AvgIpc) is 2.57. The fourth-order valence-corrected chi connectivity index (χ4v) is 3.07. The third kappa shape index (κ3) is 3.45. The lowest BCUT2D eigenvalue weighted by Gasteiger charge is -2.23. The van der Waals surface area contributed by atoms with Crippen molar-refractivity contribution in [2.45, 2.75) is 39.7 Å². The van der Waals surface area contributed by atoms with Crippen LogP contribution in [0.2, 0.25) is 5.02 Å². The molecule has 0 aliphatic carbocycles. The summed E-state index contributed by atoms with van der Waals surface area (Å²) in [6.07, 6.45) is 2.69. The molecule has 110 valence electrons. The minimum Gasteiger partial charge on any atom is -0.398 e. The van der Waals surface area contributed by atoms with Gasteiger partial charge in [-0.3, -0.25) is 4.79 Å². The Morgan fingerprint density at radius 3 is 2.80 bits per heavy atom. The highest BCUT2D eigenvalue weighted by Gasteiger charge is 2.25. The molecule has 1 unspecified atom stereocenters. The van der Waals surface area contributed by atoms with Gasteiger partial charge in [0, 0.05) is 35.8 Å². The fourth-order valence-electron chi connectivity index (χ4n) is 2.82. The Labute approximate surface area is 126 Å². The molecule has 1 fully saturated rings. The van der Waals surface area contributed by atoms with E-state index < -0.39 is 0 Å². The van der Waals surface area contributed by atoms with E-state index in [4.69, 9.17) is 17.3 Å². The largest absolute Gasteiger partial charge is 0.398 e. The molecule has 0 aromatic heterocycles. The SMILES string of the molecule is CC(C)C1CCC(=O)N(Cc2c(N)cccc2Cl)CC1. The molecule has 4 heteroatoms. The Morgan fingerprint density at radius 1 is 1.40 bits per heavy atom. The van der Waals surface area contributed by atoms with E-state index >= 15 is 0 Å². The molecule has 0 radical (unpaired) electrons. The van der Waals surface area contributed by atoms with Crippen LogP contribution in [0.4, 0.5) is 5.69 Å². The van der Waals surface area contributed by atoms with Gasteiger partial charge < -0.3 is 10.6 Å². The van der Waals surface area contributed by atoms with Crippen molar-refractivity contribution in [3.63, 3.8) is 0 Å². The summed E-state index contributed by atoms with van der Waals surface area (Å²) in [6, 6.07) is 5.49. The van der Waals surface area contributed by atoms with Crippen LogP contribution in [0.25, 0.3) is 0 Å². The van der Waals surface area contributed by atoms with Crippen LogP contribution in [0, 0.1) is 11.8 Å². The maximum atomic E-state index is 12.3. The molecule has 2 rings (SSSR count). The van der Waals surface area contributed by atoms with Gasteiger partial charge in [-0.05, 0) is 36.8 Å². The number of amides is 1. The first-order chi connectivity index (χ1) is 9.49. The second kappa shape index (κ2) is 6.49. The molecule has 0 bridgehead atoms. The van der Waals surface area contributed by atoms with Crippen LogP contribution in [0.3, 0.4) is 0 Å². The summed E-state index contributed by atoms with van der Waals surface area (Å²) >= 11 is 6.20. The third-order valence-electron chi connectivity index (χ3n) is 4.30. The van der Waals surface area contributed by atoms with Crippen LogP contribution in [0.1, 0.15) is 38.7 Å². The number of nitrogens with two attached hydrogens (primary N) is 1. The topological polar surface area (TPSA) is 46.3 Å². The Bertz CT molecular complexity index is 467. The number of likely N-dealkylation sites (tertiary alicyclic amines) is 1. The summed E-state index contributed by atoms with van der Waals surface area (Å²) in [5, 5.41) is 0.641. The van der Waals surface area contributed by atoms with Gasteiger partial charge in [-0.2, -0.15) is 0 Å². The van der Waals surface area contributed by atoms with Crippen LogP contribution in [0.15, 0.2) is 18.2 Å². The van der Waals surface area contributed by atoms with Crippen molar-refractivity contribution in [2.75, 3.05) is 12.3 Å². The first-order valence-corrected chi connectivity index (χ1v) is 7.67. The molecule has 1 aromatic carbocycles. The van der Waals surface area contributed by atoms with Crippen LogP contribution >= 0.6 is 11.6 Å². The van der Waals surface area contributed by atoms with Crippen molar-refractivity contribution >= 4 is 23.2 Å². The summed E-state index contributed by atoms with van der Waals surface area (Å²) in [6.45, 7) is 5.79. The number of hydrogen-bond donors (Lipinski definition) is 1. The van der Waals surface area contributed by atoms with Gasteiger partial charge in [0.05, 0.1) is 0 Å². The lowest BCUT2D eigenvalue weighted by atomic mass is 9.89. The van der Waals surface area contributed by atoms with Crippen molar-refractivity contribution in [3.05, 3.63) is 28.8 Å². The zero-order valence-electron chi connectivity index (χ0n) is 12.2. The number of benzene rings is 1. The van der Waals surface area contributed by atoms with Crippen LogP contribution in [0.5, 0.6) is 0 Å². The highest BCUT2D eigenvalue weighted by Crippen LogP contribution is 2.28. The van der Waals surface area contributed by atoms with E-state index in [0.29, 0.717) is 35.5 Å². The number of carbonyl (C=O) groups excluding carboxylic acids is 1. The molecule has 3 nitrogen and oxygen atoms in total. The molecule has 20 heavy (non-hydrogen) atoms. The van der Waals surface area contributed by atoms with Crippen LogP contribution in [-0.2, 0) is 11.3 Å². The summed E-state index contributed by atoms with van der Waals surface area (Å²) in [4.78, 5) is 14.2. The Kier molecular flexibility index (Phi) is 4.92. The molecular weight excluding hydrogens is 272 g/mol. The van der Waals surface area contributed by atoms with Crippen molar-refractivity contribution in [1.82, 2.24) is 4.90 Å². The van der Waals surface area contributed by atoms with E-state index in [9.17, 15) is 4.79 Å². The number of nitrogens with zero attached hydrogens (tertiary/aromatic N) is 1. The standard InChI is InChI=1S/C16H23ClN2O/c1-11(2)12-6-7-16(20)19(9-8-12)10-13-14(17)4-3-5-15(13)18/h3-5,11-12H,6-10,18H2,1-2H3. The number of rotatable bonds is 3. The molecular formula is C16H23ClN2O. The van der Waals surface area contributed by atoms with E-state index in [-0.39, 0.29) is 5.91 Å². The molecule has 0 spiro atoms. The number of nitrogen functional groups attached to an aromatic ring is 1. The molecule has 1 aliphatic heterocycles. The normalized spacial score (nSPS) is 20.3. The zero-order chi connectivity index (χ0) is 14.7. The van der Waals surface area contributed by atoms with Crippen LogP contribution < -0.4 is 5.73 Å². The summed E-state index contributed by atoms with van der Waals surface area (Å²) < 4.78 is 0. The Morgan fingerprint density at radius 2 is 2.15 bits per heavy atom. The lowest BCUT2D eigenvalue weighted by molar-refractivity contribution is -0.131. The number of hydrogen-bond acceptors (Lipinski definition) is 2. The fraction of sp³-hybridized carbons (Fsp3) is 0.562. The van der Waals surface area contributed by atoms with Crippen LogP contribution in [-0.4, -0.2) is 17.4 Å². The predicted octanol–water partition coefficient (Wildman–Crippen LogP) is 3.71.